The Bertz CT molecular complexity index is 630. The molecule has 0 aliphatic carbocycles. The molecule has 4 heteroatoms. The van der Waals surface area contributed by atoms with Gasteiger partial charge in [-0.3, -0.25) is 0 Å². The van der Waals surface area contributed by atoms with Crippen LogP contribution in [0.15, 0.2) is 42.5 Å². The van der Waals surface area contributed by atoms with E-state index in [1.807, 2.05) is 43.3 Å². The van der Waals surface area contributed by atoms with Crippen LogP contribution >= 0.6 is 0 Å². The second-order valence-electron chi connectivity index (χ2n) is 4.38. The Morgan fingerprint density at radius 1 is 1.11 bits per heavy atom. The van der Waals surface area contributed by atoms with Crippen molar-refractivity contribution >= 4 is 17.1 Å². The number of benzene rings is 2. The number of anilines is 3. The van der Waals surface area contributed by atoms with E-state index in [-0.39, 0.29) is 5.56 Å². The van der Waals surface area contributed by atoms with E-state index in [4.69, 9.17) is 5.26 Å². The second-order valence-corrected chi connectivity index (χ2v) is 4.38. The number of halogens is 1. The van der Waals surface area contributed by atoms with E-state index in [2.05, 4.69) is 5.32 Å². The lowest BCUT2D eigenvalue weighted by Gasteiger charge is -2.14. The van der Waals surface area contributed by atoms with Crippen molar-refractivity contribution in [1.82, 2.24) is 0 Å². The van der Waals surface area contributed by atoms with Crippen LogP contribution in [0.25, 0.3) is 0 Å². The van der Waals surface area contributed by atoms with Crippen molar-refractivity contribution in [3.63, 3.8) is 0 Å². The summed E-state index contributed by atoms with van der Waals surface area (Å²) < 4.78 is 13.5. The molecule has 2 aromatic rings. The van der Waals surface area contributed by atoms with Gasteiger partial charge >= 0.3 is 0 Å². The van der Waals surface area contributed by atoms with Crippen LogP contribution in [0.3, 0.4) is 0 Å². The molecule has 2 rings (SSSR count). The van der Waals surface area contributed by atoms with Gasteiger partial charge in [-0.15, -0.1) is 0 Å². The molecule has 0 amide bonds. The summed E-state index contributed by atoms with van der Waals surface area (Å²) in [5, 5.41) is 11.8. The number of nitrogens with one attached hydrogen (secondary N) is 1. The second kappa shape index (κ2) is 5.40. The highest BCUT2D eigenvalue weighted by atomic mass is 19.1. The quantitative estimate of drug-likeness (QED) is 0.912. The molecule has 0 radical (unpaired) electrons. The molecular formula is C15H14FN3. The summed E-state index contributed by atoms with van der Waals surface area (Å²) in [7, 11) is 3.92. The molecule has 0 aromatic heterocycles. The van der Waals surface area contributed by atoms with E-state index in [0.717, 1.165) is 11.4 Å². The Hall–Kier alpha value is -2.54. The number of nitrogens with zero attached hydrogens (tertiary/aromatic N) is 2. The summed E-state index contributed by atoms with van der Waals surface area (Å²) in [4.78, 5) is 1.99. The SMILES string of the molecule is CN(C)c1cccc(Nc2ccc(C#N)c(F)c2)c1. The topological polar surface area (TPSA) is 39.1 Å². The Kier molecular flexibility index (Phi) is 3.67. The third-order valence-corrected chi connectivity index (χ3v) is 2.74. The molecule has 3 nitrogen and oxygen atoms in total. The predicted molar refractivity (Wildman–Crippen MR) is 75.2 cm³/mol. The predicted octanol–water partition coefficient (Wildman–Crippen LogP) is 3.51. The molecule has 0 spiro atoms. The number of rotatable bonds is 3. The van der Waals surface area contributed by atoms with Gasteiger partial charge in [0, 0.05) is 31.2 Å². The Labute approximate surface area is 111 Å². The molecule has 0 heterocycles. The van der Waals surface area contributed by atoms with Crippen molar-refractivity contribution < 1.29 is 4.39 Å². The van der Waals surface area contributed by atoms with E-state index in [0.29, 0.717) is 5.69 Å². The van der Waals surface area contributed by atoms with Gasteiger partial charge < -0.3 is 10.2 Å². The zero-order valence-electron chi connectivity index (χ0n) is 10.8. The molecule has 1 N–H and O–H groups in total. The van der Waals surface area contributed by atoms with Crippen molar-refractivity contribution in [2.45, 2.75) is 0 Å². The lowest BCUT2D eigenvalue weighted by Crippen LogP contribution is -2.08. The first-order valence-electron chi connectivity index (χ1n) is 5.84. The summed E-state index contributed by atoms with van der Waals surface area (Å²) in [5.41, 5.74) is 2.59. The number of hydrogen-bond donors (Lipinski definition) is 1. The molecule has 2 aromatic carbocycles. The third kappa shape index (κ3) is 3.02. The van der Waals surface area contributed by atoms with Crippen molar-refractivity contribution in [3.05, 3.63) is 53.8 Å². The van der Waals surface area contributed by atoms with Crippen molar-refractivity contribution in [1.29, 1.82) is 5.26 Å². The van der Waals surface area contributed by atoms with Crippen LogP contribution in [0.1, 0.15) is 5.56 Å². The molecule has 0 aliphatic heterocycles. The zero-order valence-corrected chi connectivity index (χ0v) is 10.8. The molecule has 0 saturated carbocycles. The van der Waals surface area contributed by atoms with Crippen molar-refractivity contribution in [2.24, 2.45) is 0 Å². The van der Waals surface area contributed by atoms with Gasteiger partial charge in [0.2, 0.25) is 0 Å². The minimum Gasteiger partial charge on any atom is -0.378 e. The van der Waals surface area contributed by atoms with Gasteiger partial charge in [0.1, 0.15) is 11.9 Å². The first-order valence-corrected chi connectivity index (χ1v) is 5.84. The molecule has 0 unspecified atom stereocenters. The van der Waals surface area contributed by atoms with Crippen molar-refractivity contribution in [2.75, 3.05) is 24.3 Å². The van der Waals surface area contributed by atoms with Gasteiger partial charge in [0.05, 0.1) is 5.56 Å². The number of nitriles is 1. The highest BCUT2D eigenvalue weighted by Gasteiger charge is 2.03. The van der Waals surface area contributed by atoms with Crippen molar-refractivity contribution in [3.8, 4) is 6.07 Å². The van der Waals surface area contributed by atoms with Gasteiger partial charge in [0.15, 0.2) is 0 Å². The van der Waals surface area contributed by atoms with Crippen LogP contribution in [0.4, 0.5) is 21.5 Å². The van der Waals surface area contributed by atoms with Gasteiger partial charge in [-0.25, -0.2) is 4.39 Å². The fourth-order valence-corrected chi connectivity index (χ4v) is 1.71. The molecule has 96 valence electrons. The van der Waals surface area contributed by atoms with Gasteiger partial charge in [-0.2, -0.15) is 5.26 Å². The third-order valence-electron chi connectivity index (χ3n) is 2.74. The molecule has 0 atom stereocenters. The van der Waals surface area contributed by atoms with E-state index >= 15 is 0 Å². The highest BCUT2D eigenvalue weighted by molar-refractivity contribution is 5.65. The van der Waals surface area contributed by atoms with Crippen LogP contribution in [0.2, 0.25) is 0 Å². The number of hydrogen-bond acceptors (Lipinski definition) is 3. The molecular weight excluding hydrogens is 241 g/mol. The molecule has 0 fully saturated rings. The molecule has 0 saturated heterocycles. The minimum absolute atomic E-state index is 0.0487. The van der Waals surface area contributed by atoms with Crippen LogP contribution in [-0.2, 0) is 0 Å². The largest absolute Gasteiger partial charge is 0.378 e. The lowest BCUT2D eigenvalue weighted by atomic mass is 10.2. The molecule has 19 heavy (non-hydrogen) atoms. The Morgan fingerprint density at radius 2 is 1.84 bits per heavy atom. The van der Waals surface area contributed by atoms with Gasteiger partial charge in [-0.05, 0) is 36.4 Å². The van der Waals surface area contributed by atoms with Crippen LogP contribution in [0.5, 0.6) is 0 Å². The smallest absolute Gasteiger partial charge is 0.143 e. The average molecular weight is 255 g/mol. The maximum Gasteiger partial charge on any atom is 0.143 e. The first kappa shape index (κ1) is 12.9. The van der Waals surface area contributed by atoms with Crippen LogP contribution < -0.4 is 10.2 Å². The van der Waals surface area contributed by atoms with Crippen LogP contribution in [0, 0.1) is 17.1 Å². The molecule has 0 bridgehead atoms. The summed E-state index contributed by atoms with van der Waals surface area (Å²) in [6.45, 7) is 0. The Balaban J connectivity index is 2.24. The van der Waals surface area contributed by atoms with Gasteiger partial charge in [-0.1, -0.05) is 6.07 Å². The fraction of sp³-hybridized carbons (Fsp3) is 0.133. The maximum absolute atomic E-state index is 13.5. The van der Waals surface area contributed by atoms with Crippen LogP contribution in [-0.4, -0.2) is 14.1 Å². The summed E-state index contributed by atoms with van der Waals surface area (Å²) in [6, 6.07) is 14.1. The summed E-state index contributed by atoms with van der Waals surface area (Å²) >= 11 is 0. The van der Waals surface area contributed by atoms with E-state index in [9.17, 15) is 4.39 Å². The highest BCUT2D eigenvalue weighted by Crippen LogP contribution is 2.22. The monoisotopic (exact) mass is 255 g/mol. The average Bonchev–Trinajstić information content (AvgIpc) is 2.39. The van der Waals surface area contributed by atoms with Gasteiger partial charge in [0.25, 0.3) is 0 Å². The maximum atomic E-state index is 13.5. The van der Waals surface area contributed by atoms with E-state index < -0.39 is 5.82 Å². The Morgan fingerprint density at radius 3 is 2.47 bits per heavy atom. The summed E-state index contributed by atoms with van der Waals surface area (Å²) in [5.74, 6) is -0.517. The normalized spacial score (nSPS) is 9.79. The lowest BCUT2D eigenvalue weighted by molar-refractivity contribution is 0.624. The zero-order chi connectivity index (χ0) is 13.8. The standard InChI is InChI=1S/C15H14FN3/c1-19(2)14-5-3-4-12(8-14)18-13-7-6-11(10-17)15(16)9-13/h3-9,18H,1-2H3. The molecule has 0 aliphatic rings. The van der Waals surface area contributed by atoms with E-state index in [1.165, 1.54) is 12.1 Å². The van der Waals surface area contributed by atoms with E-state index in [1.54, 1.807) is 12.1 Å². The fourth-order valence-electron chi connectivity index (χ4n) is 1.71. The summed E-state index contributed by atoms with van der Waals surface area (Å²) in [6.07, 6.45) is 0. The first-order chi connectivity index (χ1) is 9.10. The minimum atomic E-state index is -0.517.